The highest BCUT2D eigenvalue weighted by atomic mass is 32.1. The monoisotopic (exact) mass is 409 g/mol. The average Bonchev–Trinajstić information content (AvgIpc) is 3.05. The Kier molecular flexibility index (Phi) is 5.11. The molecule has 3 nitrogen and oxygen atoms in total. The van der Waals surface area contributed by atoms with Gasteiger partial charge in [0.2, 0.25) is 0 Å². The lowest BCUT2D eigenvalue weighted by molar-refractivity contribution is -0.151. The predicted molar refractivity (Wildman–Crippen MR) is 116 cm³/mol. The molecule has 0 saturated heterocycles. The second-order valence-electron chi connectivity index (χ2n) is 9.85. The zero-order valence-electron chi connectivity index (χ0n) is 17.3. The molecule has 1 aromatic heterocycles. The van der Waals surface area contributed by atoms with E-state index in [4.69, 9.17) is 4.98 Å². The van der Waals surface area contributed by atoms with Gasteiger partial charge in [0.1, 0.15) is 0 Å². The fourth-order valence-electron chi connectivity index (χ4n) is 6.63. The molecule has 4 saturated carbocycles. The lowest BCUT2D eigenvalue weighted by Gasteiger charge is -2.58. The molecule has 2 unspecified atom stereocenters. The third kappa shape index (κ3) is 3.94. The van der Waals surface area contributed by atoms with Crippen LogP contribution in [0.1, 0.15) is 70.9 Å². The minimum atomic E-state index is -0.414. The number of nitrogens with zero attached hydrogens (tertiary/aromatic N) is 1. The van der Waals surface area contributed by atoms with Crippen molar-refractivity contribution in [1.82, 2.24) is 4.98 Å². The number of thiazole rings is 1. The third-order valence-electron chi connectivity index (χ3n) is 7.65. The molecule has 0 spiro atoms. The predicted octanol–water partition coefficient (Wildman–Crippen LogP) is 5.39. The number of benzene rings is 1. The molecule has 29 heavy (non-hydrogen) atoms. The number of hydrogen-bond acceptors (Lipinski definition) is 4. The molecule has 4 aliphatic carbocycles. The Morgan fingerprint density at radius 2 is 1.86 bits per heavy atom. The molecule has 2 aromatic rings. The van der Waals surface area contributed by atoms with Gasteiger partial charge < -0.3 is 5.11 Å². The summed E-state index contributed by atoms with van der Waals surface area (Å²) in [4.78, 5) is 18.8. The highest BCUT2D eigenvalue weighted by Gasteiger charge is 2.54. The van der Waals surface area contributed by atoms with Gasteiger partial charge in [-0.1, -0.05) is 30.3 Å². The fraction of sp³-hybridized carbons (Fsp3) is 0.600. The quantitative estimate of drug-likeness (QED) is 0.624. The maximum absolute atomic E-state index is 13.2. The van der Waals surface area contributed by atoms with Crippen molar-refractivity contribution in [2.24, 2.45) is 23.7 Å². The van der Waals surface area contributed by atoms with Crippen LogP contribution in [0, 0.1) is 30.6 Å². The Bertz CT molecular complexity index is 873. The molecule has 4 fully saturated rings. The van der Waals surface area contributed by atoms with Crippen molar-refractivity contribution in [3.63, 3.8) is 0 Å². The molecule has 154 valence electrons. The summed E-state index contributed by atoms with van der Waals surface area (Å²) >= 11 is 1.62. The first-order chi connectivity index (χ1) is 14.0. The molecule has 0 aliphatic heterocycles. The number of aryl methyl sites for hydroxylation is 3. The molecule has 1 N–H and O–H groups in total. The van der Waals surface area contributed by atoms with Crippen LogP contribution in [0.2, 0.25) is 0 Å². The maximum Gasteiger partial charge on any atom is 0.174 e. The standard InChI is InChI=1S/C25H31NO2S/c1-16-24(29-23(26-16)9-5-8-17-6-3-2-4-7-17)22(27)12-21-19-10-18-11-20(21)15-25(28,13-18)14-19/h2-4,6-7,18-21,28H,5,8-15H2,1H3. The number of hydrogen-bond donors (Lipinski definition) is 1. The summed E-state index contributed by atoms with van der Waals surface area (Å²) in [6.07, 6.45) is 9.01. The highest BCUT2D eigenvalue weighted by Crippen LogP contribution is 2.59. The number of carbonyl (C=O) groups excluding carboxylic acids is 1. The normalized spacial score (nSPS) is 32.6. The van der Waals surface area contributed by atoms with Gasteiger partial charge in [-0.25, -0.2) is 4.98 Å². The number of rotatable bonds is 7. The van der Waals surface area contributed by atoms with Gasteiger partial charge in [0.05, 0.1) is 21.2 Å². The molecule has 4 heteroatoms. The van der Waals surface area contributed by atoms with Crippen molar-refractivity contribution < 1.29 is 9.90 Å². The van der Waals surface area contributed by atoms with E-state index in [0.717, 1.165) is 54.1 Å². The average molecular weight is 410 g/mol. The summed E-state index contributed by atoms with van der Waals surface area (Å²) in [7, 11) is 0. The number of ketones is 1. The van der Waals surface area contributed by atoms with Crippen LogP contribution in [0.15, 0.2) is 30.3 Å². The summed E-state index contributed by atoms with van der Waals surface area (Å²) in [5.41, 5.74) is 1.86. The molecular formula is C25H31NO2S. The van der Waals surface area contributed by atoms with E-state index in [1.165, 1.54) is 18.4 Å². The second kappa shape index (κ2) is 7.63. The topological polar surface area (TPSA) is 50.2 Å². The molecule has 2 atom stereocenters. The zero-order chi connectivity index (χ0) is 20.0. The van der Waals surface area contributed by atoms with Crippen LogP contribution in [-0.2, 0) is 12.8 Å². The lowest BCUT2D eigenvalue weighted by atomic mass is 9.49. The Hall–Kier alpha value is -1.52. The zero-order valence-corrected chi connectivity index (χ0v) is 18.1. The van der Waals surface area contributed by atoms with Gasteiger partial charge in [0, 0.05) is 6.42 Å². The first kappa shape index (κ1) is 19.4. The third-order valence-corrected chi connectivity index (χ3v) is 8.91. The largest absolute Gasteiger partial charge is 0.390 e. The van der Waals surface area contributed by atoms with Gasteiger partial charge in [-0.05, 0) is 87.5 Å². The molecule has 0 amide bonds. The minimum absolute atomic E-state index is 0.291. The van der Waals surface area contributed by atoms with Crippen molar-refractivity contribution in [1.29, 1.82) is 0 Å². The van der Waals surface area contributed by atoms with Crippen LogP contribution in [0.25, 0.3) is 0 Å². The second-order valence-corrected chi connectivity index (χ2v) is 10.9. The molecule has 4 aliphatic rings. The minimum Gasteiger partial charge on any atom is -0.390 e. The number of aliphatic hydroxyl groups is 1. The van der Waals surface area contributed by atoms with Gasteiger partial charge >= 0.3 is 0 Å². The smallest absolute Gasteiger partial charge is 0.174 e. The molecule has 1 aromatic carbocycles. The van der Waals surface area contributed by atoms with E-state index in [2.05, 4.69) is 30.3 Å². The molecular weight excluding hydrogens is 378 g/mol. The van der Waals surface area contributed by atoms with Crippen LogP contribution in [0.3, 0.4) is 0 Å². The lowest BCUT2D eigenvalue weighted by Crippen LogP contribution is -2.54. The SMILES string of the molecule is Cc1nc(CCCc2ccccc2)sc1C(=O)CC1C2CC3CC1CC(O)(C3)C2. The first-order valence-electron chi connectivity index (χ1n) is 11.2. The van der Waals surface area contributed by atoms with Crippen molar-refractivity contribution >= 4 is 17.1 Å². The molecule has 0 radical (unpaired) electrons. The van der Waals surface area contributed by atoms with Crippen LogP contribution in [0.4, 0.5) is 0 Å². The van der Waals surface area contributed by atoms with E-state index in [9.17, 15) is 9.90 Å². The van der Waals surface area contributed by atoms with E-state index in [1.807, 2.05) is 6.92 Å². The van der Waals surface area contributed by atoms with Gasteiger partial charge in [0.25, 0.3) is 0 Å². The summed E-state index contributed by atoms with van der Waals surface area (Å²) in [5, 5.41) is 11.9. The fourth-order valence-corrected chi connectivity index (χ4v) is 7.69. The number of aromatic nitrogens is 1. The van der Waals surface area contributed by atoms with Crippen LogP contribution in [-0.4, -0.2) is 21.5 Å². The van der Waals surface area contributed by atoms with Crippen LogP contribution in [0.5, 0.6) is 0 Å². The molecule has 1 heterocycles. The van der Waals surface area contributed by atoms with Crippen LogP contribution < -0.4 is 0 Å². The van der Waals surface area contributed by atoms with Gasteiger partial charge in [0.15, 0.2) is 5.78 Å². The van der Waals surface area contributed by atoms with E-state index >= 15 is 0 Å². The Balaban J connectivity index is 1.21. The Labute approximate surface area is 177 Å². The van der Waals surface area contributed by atoms with Crippen molar-refractivity contribution in [3.8, 4) is 0 Å². The van der Waals surface area contributed by atoms with Gasteiger partial charge in [-0.15, -0.1) is 11.3 Å². The maximum atomic E-state index is 13.2. The number of carbonyl (C=O) groups is 1. The Morgan fingerprint density at radius 1 is 1.14 bits per heavy atom. The summed E-state index contributed by atoms with van der Waals surface area (Å²) < 4.78 is 0. The first-order valence-corrected chi connectivity index (χ1v) is 12.1. The summed E-state index contributed by atoms with van der Waals surface area (Å²) in [6.45, 7) is 1.99. The van der Waals surface area contributed by atoms with Crippen LogP contribution >= 0.6 is 11.3 Å². The summed E-state index contributed by atoms with van der Waals surface area (Å²) in [5.74, 6) is 2.56. The van der Waals surface area contributed by atoms with Gasteiger partial charge in [-0.2, -0.15) is 0 Å². The molecule has 4 bridgehead atoms. The van der Waals surface area contributed by atoms with E-state index in [-0.39, 0.29) is 0 Å². The van der Waals surface area contributed by atoms with E-state index in [1.54, 1.807) is 11.3 Å². The van der Waals surface area contributed by atoms with Crippen molar-refractivity contribution in [3.05, 3.63) is 51.5 Å². The van der Waals surface area contributed by atoms with E-state index in [0.29, 0.717) is 35.9 Å². The summed E-state index contributed by atoms with van der Waals surface area (Å²) in [6, 6.07) is 10.6. The highest BCUT2D eigenvalue weighted by molar-refractivity contribution is 7.13. The van der Waals surface area contributed by atoms with Crippen molar-refractivity contribution in [2.45, 2.75) is 70.3 Å². The molecule has 6 rings (SSSR count). The van der Waals surface area contributed by atoms with E-state index < -0.39 is 5.60 Å². The number of Topliss-reactive ketones (excluding diaryl/α,β-unsaturated/α-hetero) is 1. The van der Waals surface area contributed by atoms with Gasteiger partial charge in [-0.3, -0.25) is 4.79 Å². The van der Waals surface area contributed by atoms with Crippen molar-refractivity contribution in [2.75, 3.05) is 0 Å². The Morgan fingerprint density at radius 3 is 2.55 bits per heavy atom.